The molecule has 59 heavy (non-hydrogen) atoms. The molecule has 0 radical (unpaired) electrons. The van der Waals surface area contributed by atoms with Crippen molar-refractivity contribution in [2.24, 2.45) is 74.9 Å². The van der Waals surface area contributed by atoms with Crippen molar-refractivity contribution in [1.29, 1.82) is 0 Å². The van der Waals surface area contributed by atoms with E-state index in [1.807, 2.05) is 19.1 Å². The zero-order valence-corrected chi connectivity index (χ0v) is 35.2. The Morgan fingerprint density at radius 3 is 1.75 bits per heavy atom. The van der Waals surface area contributed by atoms with Crippen molar-refractivity contribution >= 4 is 35.1 Å². The average molecular weight is 815 g/mol. The Labute approximate surface area is 347 Å². The predicted molar refractivity (Wildman–Crippen MR) is 215 cm³/mol. The highest BCUT2D eigenvalue weighted by atomic mass is 16.5. The first kappa shape index (κ1) is 42.2. The van der Waals surface area contributed by atoms with Crippen LogP contribution in [0.1, 0.15) is 105 Å². The molecule has 320 valence electrons. The maximum atomic E-state index is 13.8. The molecule has 0 aromatic rings. The van der Waals surface area contributed by atoms with Crippen LogP contribution in [0.2, 0.25) is 0 Å². The van der Waals surface area contributed by atoms with Gasteiger partial charge in [-0.3, -0.25) is 28.8 Å². The quantitative estimate of drug-likeness (QED) is 0.241. The fourth-order valence-electron chi connectivity index (χ4n) is 15.3. The molecule has 8 aliphatic rings. The molecule has 16 unspecified atom stereocenters. The van der Waals surface area contributed by atoms with Gasteiger partial charge < -0.3 is 24.8 Å². The van der Waals surface area contributed by atoms with Crippen LogP contribution in [0.3, 0.4) is 0 Å². The molecule has 0 spiro atoms. The second kappa shape index (κ2) is 15.1. The van der Waals surface area contributed by atoms with Gasteiger partial charge in [0.25, 0.3) is 0 Å². The number of esters is 2. The number of ketones is 4. The maximum absolute atomic E-state index is 13.8. The predicted octanol–water partition coefficient (Wildman–Crippen LogP) is 5.39. The molecule has 0 amide bonds. The minimum Gasteiger partial charge on any atom is -0.458 e. The van der Waals surface area contributed by atoms with E-state index in [2.05, 4.69) is 27.7 Å². The third-order valence-electron chi connectivity index (χ3n) is 17.6. The summed E-state index contributed by atoms with van der Waals surface area (Å²) in [6.07, 6.45) is 13.2. The summed E-state index contributed by atoms with van der Waals surface area (Å²) >= 11 is 0. The maximum Gasteiger partial charge on any atom is 0.308 e. The lowest BCUT2D eigenvalue weighted by atomic mass is 9.46. The van der Waals surface area contributed by atoms with Gasteiger partial charge in [-0.15, -0.1) is 0 Å². The van der Waals surface area contributed by atoms with Gasteiger partial charge in [0.15, 0.2) is 23.1 Å². The number of carbonyl (C=O) groups excluding carboxylic acids is 6. The molecule has 16 atom stereocenters. The van der Waals surface area contributed by atoms with Crippen LogP contribution in [-0.2, 0) is 38.2 Å². The van der Waals surface area contributed by atoms with Crippen LogP contribution in [0.25, 0.3) is 0 Å². The summed E-state index contributed by atoms with van der Waals surface area (Å²) in [6, 6.07) is 0. The lowest BCUT2D eigenvalue weighted by molar-refractivity contribution is -0.158. The summed E-state index contributed by atoms with van der Waals surface area (Å²) in [7, 11) is 0. The first-order chi connectivity index (χ1) is 27.8. The van der Waals surface area contributed by atoms with Gasteiger partial charge in [-0.05, 0) is 123 Å². The number of allylic oxidation sites excluding steroid dienone is 8. The Kier molecular flexibility index (Phi) is 10.8. The Bertz CT molecular complexity index is 1940. The van der Waals surface area contributed by atoms with Crippen LogP contribution in [0.5, 0.6) is 0 Å². The summed E-state index contributed by atoms with van der Waals surface area (Å²) in [5, 5.41) is 33.9. The van der Waals surface area contributed by atoms with Crippen molar-refractivity contribution in [2.45, 2.75) is 124 Å². The molecular weight excluding hydrogens is 753 g/mol. The highest BCUT2D eigenvalue weighted by Gasteiger charge is 2.65. The van der Waals surface area contributed by atoms with E-state index < -0.39 is 89.8 Å². The van der Waals surface area contributed by atoms with Gasteiger partial charge in [0.05, 0.1) is 31.2 Å². The standard InChI is InChI=1S/C48H62O11/c1-25-16-35-32-9-7-27-18-29(50)13-15-46(27,3)44(32)37(53)22-48(35,5)42(25)39(55)24-59-41(57)20-30(51)19-40(56)58-23-38(54)34-11-10-33-31-8-6-26-17-28(49)12-14-45(26,2)43(31)36(52)21-47(33,34)4/h12-15,17-18,25,30-37,42-44,51-53H,6-11,16,19-24H2,1-5H3. The molecule has 0 heterocycles. The number of fused-ring (bicyclic) bond motifs is 10. The zero-order valence-electron chi connectivity index (χ0n) is 35.2. The number of hydrogen-bond donors (Lipinski definition) is 3. The number of aliphatic hydroxyl groups excluding tert-OH is 3. The topological polar surface area (TPSA) is 182 Å². The van der Waals surface area contributed by atoms with Gasteiger partial charge in [-0.25, -0.2) is 0 Å². The lowest BCUT2D eigenvalue weighted by Crippen LogP contribution is -2.56. The Balaban J connectivity index is 0.806. The van der Waals surface area contributed by atoms with Crippen molar-refractivity contribution in [3.63, 3.8) is 0 Å². The number of rotatable bonds is 10. The SMILES string of the molecule is CC1CC2C3CCC4=CC(=O)C=CC4(C)C3C(O)CC2(C)C1C(=O)COC(=O)CC(O)CC(=O)OCC(=O)C1CCC2C3CCC4=CC(=O)C=CC4(C)C3C(O)CC12C. The van der Waals surface area contributed by atoms with Gasteiger partial charge >= 0.3 is 11.9 Å². The van der Waals surface area contributed by atoms with E-state index in [0.29, 0.717) is 19.3 Å². The van der Waals surface area contributed by atoms with Gasteiger partial charge in [-0.2, -0.15) is 0 Å². The lowest BCUT2D eigenvalue weighted by Gasteiger charge is -2.58. The molecule has 8 aliphatic carbocycles. The van der Waals surface area contributed by atoms with Gasteiger partial charge in [0.1, 0.15) is 13.2 Å². The minimum absolute atomic E-state index is 0.0135. The number of ether oxygens (including phenoxy) is 2. The van der Waals surface area contributed by atoms with Crippen LogP contribution < -0.4 is 0 Å². The monoisotopic (exact) mass is 814 g/mol. The van der Waals surface area contributed by atoms with Crippen LogP contribution in [0.15, 0.2) is 47.6 Å². The summed E-state index contributed by atoms with van der Waals surface area (Å²) < 4.78 is 10.7. The molecule has 0 bridgehead atoms. The molecular formula is C48H62O11. The second-order valence-corrected chi connectivity index (χ2v) is 20.7. The third-order valence-corrected chi connectivity index (χ3v) is 17.6. The average Bonchev–Trinajstić information content (AvgIpc) is 3.64. The van der Waals surface area contributed by atoms with Gasteiger partial charge in [-0.1, -0.05) is 57.9 Å². The molecule has 6 saturated carbocycles. The van der Waals surface area contributed by atoms with E-state index in [1.165, 1.54) is 0 Å². The second-order valence-electron chi connectivity index (χ2n) is 20.7. The van der Waals surface area contributed by atoms with E-state index >= 15 is 0 Å². The Morgan fingerprint density at radius 1 is 0.712 bits per heavy atom. The van der Waals surface area contributed by atoms with E-state index in [0.717, 1.165) is 49.7 Å². The van der Waals surface area contributed by atoms with Crippen molar-refractivity contribution in [1.82, 2.24) is 0 Å². The molecule has 6 fully saturated rings. The number of aliphatic hydroxyl groups is 3. The van der Waals surface area contributed by atoms with Crippen LogP contribution in [-0.4, -0.2) is 81.9 Å². The molecule has 11 nitrogen and oxygen atoms in total. The largest absolute Gasteiger partial charge is 0.458 e. The summed E-state index contributed by atoms with van der Waals surface area (Å²) in [4.78, 5) is 77.3. The number of hydrogen-bond acceptors (Lipinski definition) is 11. The molecule has 0 aromatic heterocycles. The first-order valence-electron chi connectivity index (χ1n) is 22.1. The fourth-order valence-corrected chi connectivity index (χ4v) is 15.3. The normalized spacial score (nSPS) is 44.7. The van der Waals surface area contributed by atoms with E-state index in [-0.39, 0.29) is 64.6 Å². The van der Waals surface area contributed by atoms with Crippen LogP contribution >= 0.6 is 0 Å². The Hall–Kier alpha value is -3.54. The molecule has 0 saturated heterocycles. The minimum atomic E-state index is -1.43. The van der Waals surface area contributed by atoms with E-state index in [9.17, 15) is 44.1 Å². The van der Waals surface area contributed by atoms with Crippen molar-refractivity contribution in [3.05, 3.63) is 47.6 Å². The van der Waals surface area contributed by atoms with E-state index in [4.69, 9.17) is 9.47 Å². The van der Waals surface area contributed by atoms with Gasteiger partial charge in [0.2, 0.25) is 0 Å². The highest BCUT2D eigenvalue weighted by Crippen LogP contribution is 2.68. The molecule has 11 heteroatoms. The summed E-state index contributed by atoms with van der Waals surface area (Å²) in [5.41, 5.74) is 0.395. The third kappa shape index (κ3) is 6.89. The van der Waals surface area contributed by atoms with Gasteiger partial charge in [0, 0.05) is 34.5 Å². The Morgan fingerprint density at radius 2 is 1.20 bits per heavy atom. The number of carbonyl (C=O) groups is 6. The first-order valence-corrected chi connectivity index (χ1v) is 22.1. The van der Waals surface area contributed by atoms with Crippen LogP contribution in [0, 0.1) is 74.9 Å². The summed E-state index contributed by atoms with van der Waals surface area (Å²) in [6.45, 7) is 9.51. The fraction of sp³-hybridized carbons (Fsp3) is 0.708. The molecule has 3 N–H and O–H groups in total. The summed E-state index contributed by atoms with van der Waals surface area (Å²) in [5.74, 6) is -2.23. The highest BCUT2D eigenvalue weighted by molar-refractivity contribution is 6.01. The van der Waals surface area contributed by atoms with Crippen molar-refractivity contribution in [2.75, 3.05) is 13.2 Å². The van der Waals surface area contributed by atoms with Crippen molar-refractivity contribution < 1.29 is 53.6 Å². The van der Waals surface area contributed by atoms with Crippen molar-refractivity contribution in [3.8, 4) is 0 Å². The smallest absolute Gasteiger partial charge is 0.308 e. The molecule has 0 aliphatic heterocycles. The zero-order chi connectivity index (χ0) is 42.4. The molecule has 8 rings (SSSR count). The van der Waals surface area contributed by atoms with E-state index in [1.54, 1.807) is 24.3 Å². The number of Topliss-reactive ketones (excluding diaryl/α,β-unsaturated/α-hetero) is 2. The van der Waals surface area contributed by atoms with Crippen LogP contribution in [0.4, 0.5) is 0 Å². The molecule has 0 aromatic carbocycles.